The number of hydrogen-bond acceptors (Lipinski definition) is 4. The number of hydrogen-bond donors (Lipinski definition) is 2. The first-order valence-corrected chi connectivity index (χ1v) is 8.95. The molecule has 132 valence electrons. The molecule has 1 aromatic heterocycles. The maximum Gasteiger partial charge on any atom is 0.253 e. The molecule has 1 aliphatic heterocycles. The number of nitrogens with zero attached hydrogens (tertiary/aromatic N) is 2. The smallest absolute Gasteiger partial charge is 0.253 e. The van der Waals surface area contributed by atoms with E-state index in [0.717, 1.165) is 30.0 Å². The molecule has 1 amide bonds. The van der Waals surface area contributed by atoms with Crippen molar-refractivity contribution in [3.63, 3.8) is 0 Å². The maximum absolute atomic E-state index is 12.3. The Morgan fingerprint density at radius 1 is 1.04 bits per heavy atom. The summed E-state index contributed by atoms with van der Waals surface area (Å²) in [6, 6.07) is 11.3. The molecule has 0 aliphatic carbocycles. The van der Waals surface area contributed by atoms with Gasteiger partial charge in [-0.2, -0.15) is 0 Å². The second-order valence-electron chi connectivity index (χ2n) is 6.42. The lowest BCUT2D eigenvalue weighted by atomic mass is 10.1. The summed E-state index contributed by atoms with van der Waals surface area (Å²) in [6.07, 6.45) is 6.62. The summed E-state index contributed by atoms with van der Waals surface area (Å²) < 4.78 is 0. The van der Waals surface area contributed by atoms with Crippen molar-refractivity contribution in [3.05, 3.63) is 59.3 Å². The van der Waals surface area contributed by atoms with Gasteiger partial charge in [0.2, 0.25) is 0 Å². The minimum absolute atomic E-state index is 0.0296. The van der Waals surface area contributed by atoms with E-state index in [-0.39, 0.29) is 12.5 Å². The molecule has 2 aromatic rings. The number of pyridine rings is 1. The van der Waals surface area contributed by atoms with Crippen molar-refractivity contribution in [2.24, 2.45) is 0 Å². The highest BCUT2D eigenvalue weighted by molar-refractivity contribution is 5.94. The van der Waals surface area contributed by atoms with Crippen molar-refractivity contribution in [3.8, 4) is 0 Å². The van der Waals surface area contributed by atoms with Crippen molar-refractivity contribution in [1.29, 1.82) is 0 Å². The number of aliphatic hydroxyl groups excluding tert-OH is 1. The fourth-order valence-electron chi connectivity index (χ4n) is 3.17. The van der Waals surface area contributed by atoms with Gasteiger partial charge >= 0.3 is 0 Å². The fourth-order valence-corrected chi connectivity index (χ4v) is 3.17. The number of benzene rings is 1. The minimum Gasteiger partial charge on any atom is -0.392 e. The zero-order valence-electron chi connectivity index (χ0n) is 14.4. The van der Waals surface area contributed by atoms with Crippen LogP contribution in [-0.2, 0) is 13.2 Å². The molecule has 2 heterocycles. The summed E-state index contributed by atoms with van der Waals surface area (Å²) in [7, 11) is 0. The number of rotatable bonds is 5. The average molecular weight is 339 g/mol. The quantitative estimate of drug-likeness (QED) is 0.879. The van der Waals surface area contributed by atoms with E-state index in [4.69, 9.17) is 0 Å². The molecule has 2 N–H and O–H groups in total. The van der Waals surface area contributed by atoms with E-state index in [1.54, 1.807) is 6.20 Å². The second-order valence-corrected chi connectivity index (χ2v) is 6.42. The minimum atomic E-state index is -0.150. The van der Waals surface area contributed by atoms with Gasteiger partial charge < -0.3 is 15.3 Å². The highest BCUT2D eigenvalue weighted by Gasteiger charge is 2.12. The highest BCUT2D eigenvalue weighted by Crippen LogP contribution is 2.17. The van der Waals surface area contributed by atoms with E-state index in [1.165, 1.54) is 25.7 Å². The van der Waals surface area contributed by atoms with Crippen molar-refractivity contribution in [1.82, 2.24) is 10.3 Å². The summed E-state index contributed by atoms with van der Waals surface area (Å²) in [5.74, 6) is 0.798. The van der Waals surface area contributed by atoms with Gasteiger partial charge in [-0.3, -0.25) is 4.79 Å². The predicted octanol–water partition coefficient (Wildman–Crippen LogP) is 2.88. The number of anilines is 1. The molecule has 1 fully saturated rings. The Balaban J connectivity index is 1.60. The average Bonchev–Trinajstić information content (AvgIpc) is 2.96. The zero-order valence-corrected chi connectivity index (χ0v) is 14.4. The summed E-state index contributed by atoms with van der Waals surface area (Å²) in [5.41, 5.74) is 2.31. The van der Waals surface area contributed by atoms with Crippen LogP contribution in [0.15, 0.2) is 42.6 Å². The molecule has 5 nitrogen and oxygen atoms in total. The molecule has 1 saturated heterocycles. The lowest BCUT2D eigenvalue weighted by Crippen LogP contribution is -2.26. The normalized spacial score (nSPS) is 14.8. The van der Waals surface area contributed by atoms with Crippen LogP contribution in [-0.4, -0.2) is 29.1 Å². The first kappa shape index (κ1) is 17.4. The number of amides is 1. The Morgan fingerprint density at radius 3 is 2.40 bits per heavy atom. The van der Waals surface area contributed by atoms with E-state index < -0.39 is 0 Å². The first-order valence-electron chi connectivity index (χ1n) is 8.95. The van der Waals surface area contributed by atoms with Crippen molar-refractivity contribution in [2.75, 3.05) is 18.0 Å². The van der Waals surface area contributed by atoms with E-state index in [9.17, 15) is 9.90 Å². The van der Waals surface area contributed by atoms with Crippen LogP contribution in [0.25, 0.3) is 0 Å². The fraction of sp³-hybridized carbons (Fsp3) is 0.400. The third-order valence-electron chi connectivity index (χ3n) is 4.67. The molecule has 0 saturated carbocycles. The van der Waals surface area contributed by atoms with Crippen LogP contribution < -0.4 is 10.2 Å². The van der Waals surface area contributed by atoms with E-state index in [0.29, 0.717) is 12.1 Å². The van der Waals surface area contributed by atoms with Crippen LogP contribution in [0.2, 0.25) is 0 Å². The van der Waals surface area contributed by atoms with Gasteiger partial charge in [-0.05, 0) is 36.1 Å². The molecule has 3 rings (SSSR count). The Hall–Kier alpha value is -2.40. The van der Waals surface area contributed by atoms with Gasteiger partial charge in [0.1, 0.15) is 5.82 Å². The SMILES string of the molecule is O=C(NCc1ccccc1CO)c1ccc(N2CCCCCC2)nc1. The lowest BCUT2D eigenvalue weighted by Gasteiger charge is -2.21. The number of carbonyl (C=O) groups is 1. The van der Waals surface area contributed by atoms with Gasteiger partial charge in [-0.25, -0.2) is 4.98 Å². The maximum atomic E-state index is 12.3. The topological polar surface area (TPSA) is 65.5 Å². The van der Waals surface area contributed by atoms with Crippen molar-refractivity contribution in [2.45, 2.75) is 38.8 Å². The molecular weight excluding hydrogens is 314 g/mol. The summed E-state index contributed by atoms with van der Waals surface area (Å²) in [4.78, 5) is 19.1. The third-order valence-corrected chi connectivity index (χ3v) is 4.67. The van der Waals surface area contributed by atoms with Crippen LogP contribution in [0.5, 0.6) is 0 Å². The summed E-state index contributed by atoms with van der Waals surface area (Å²) in [6.45, 7) is 2.44. The van der Waals surface area contributed by atoms with Gasteiger partial charge in [0.15, 0.2) is 0 Å². The lowest BCUT2D eigenvalue weighted by molar-refractivity contribution is 0.0950. The largest absolute Gasteiger partial charge is 0.392 e. The predicted molar refractivity (Wildman–Crippen MR) is 98.5 cm³/mol. The molecule has 25 heavy (non-hydrogen) atoms. The Labute approximate surface area is 148 Å². The number of nitrogens with one attached hydrogen (secondary N) is 1. The van der Waals surface area contributed by atoms with Crippen LogP contribution in [0.4, 0.5) is 5.82 Å². The van der Waals surface area contributed by atoms with Gasteiger partial charge in [0, 0.05) is 25.8 Å². The molecular formula is C20H25N3O2. The molecule has 1 aromatic carbocycles. The highest BCUT2D eigenvalue weighted by atomic mass is 16.3. The molecule has 0 atom stereocenters. The van der Waals surface area contributed by atoms with Crippen LogP contribution in [0.1, 0.15) is 47.2 Å². The number of aliphatic hydroxyl groups is 1. The van der Waals surface area contributed by atoms with Gasteiger partial charge in [-0.15, -0.1) is 0 Å². The standard InChI is InChI=1S/C20H25N3O2/c24-15-18-8-4-3-7-16(18)13-22-20(25)17-9-10-19(21-14-17)23-11-5-1-2-6-12-23/h3-4,7-10,14,24H,1-2,5-6,11-13,15H2,(H,22,25). The van der Waals surface area contributed by atoms with Gasteiger partial charge in [0.25, 0.3) is 5.91 Å². The molecule has 0 bridgehead atoms. The number of aromatic nitrogens is 1. The summed E-state index contributed by atoms with van der Waals surface area (Å²) in [5, 5.41) is 12.2. The third kappa shape index (κ3) is 4.57. The van der Waals surface area contributed by atoms with Gasteiger partial charge in [0.05, 0.1) is 12.2 Å². The number of carbonyl (C=O) groups excluding carboxylic acids is 1. The van der Waals surface area contributed by atoms with E-state index in [2.05, 4.69) is 15.2 Å². The zero-order chi connectivity index (χ0) is 17.5. The van der Waals surface area contributed by atoms with Gasteiger partial charge in [-0.1, -0.05) is 37.1 Å². The Kier molecular flexibility index (Phi) is 6.01. The molecule has 0 spiro atoms. The molecule has 5 heteroatoms. The Morgan fingerprint density at radius 2 is 1.76 bits per heavy atom. The van der Waals surface area contributed by atoms with Crippen molar-refractivity contribution >= 4 is 11.7 Å². The molecule has 1 aliphatic rings. The van der Waals surface area contributed by atoms with E-state index in [1.807, 2.05) is 36.4 Å². The van der Waals surface area contributed by atoms with E-state index >= 15 is 0 Å². The first-order chi connectivity index (χ1) is 12.3. The molecule has 0 radical (unpaired) electrons. The monoisotopic (exact) mass is 339 g/mol. The Bertz CT molecular complexity index is 692. The second kappa shape index (κ2) is 8.62. The summed E-state index contributed by atoms with van der Waals surface area (Å²) >= 11 is 0. The van der Waals surface area contributed by atoms with Crippen LogP contribution in [0.3, 0.4) is 0 Å². The van der Waals surface area contributed by atoms with Crippen LogP contribution in [0, 0.1) is 0 Å². The van der Waals surface area contributed by atoms with Crippen LogP contribution >= 0.6 is 0 Å². The van der Waals surface area contributed by atoms with Crippen molar-refractivity contribution < 1.29 is 9.90 Å². The molecule has 0 unspecified atom stereocenters.